The molecule has 0 aliphatic carbocycles. The summed E-state index contributed by atoms with van der Waals surface area (Å²) in [5.41, 5.74) is 0.348. The zero-order valence-corrected chi connectivity index (χ0v) is 7.69. The Morgan fingerprint density at radius 3 is 2.93 bits per heavy atom. The molecule has 0 amide bonds. The van der Waals surface area contributed by atoms with Gasteiger partial charge in [-0.3, -0.25) is 0 Å². The predicted molar refractivity (Wildman–Crippen MR) is 49.9 cm³/mol. The van der Waals surface area contributed by atoms with Gasteiger partial charge in [-0.1, -0.05) is 5.92 Å². The standard InChI is InChI=1S/C10H9NO3/c1-3-6-14-10(12)8-4-5-9(13-2)11-7-8/h1,4-5,7H,6H2,2H3. The van der Waals surface area contributed by atoms with Crippen molar-refractivity contribution in [2.45, 2.75) is 0 Å². The first-order chi connectivity index (χ1) is 6.77. The van der Waals surface area contributed by atoms with Crippen LogP contribution in [0.3, 0.4) is 0 Å². The highest BCUT2D eigenvalue weighted by molar-refractivity contribution is 5.89. The van der Waals surface area contributed by atoms with Crippen LogP contribution < -0.4 is 4.74 Å². The molecule has 1 aromatic rings. The minimum Gasteiger partial charge on any atom is -0.481 e. The summed E-state index contributed by atoms with van der Waals surface area (Å²) in [7, 11) is 1.50. The third-order valence-corrected chi connectivity index (χ3v) is 1.47. The van der Waals surface area contributed by atoms with Crippen LogP contribution in [0.25, 0.3) is 0 Å². The number of pyridine rings is 1. The Morgan fingerprint density at radius 1 is 1.64 bits per heavy atom. The third kappa shape index (κ3) is 2.49. The monoisotopic (exact) mass is 191 g/mol. The van der Waals surface area contributed by atoms with Crippen LogP contribution in [0.15, 0.2) is 18.3 Å². The molecule has 1 aromatic heterocycles. The molecule has 0 unspecified atom stereocenters. The van der Waals surface area contributed by atoms with Crippen molar-refractivity contribution < 1.29 is 14.3 Å². The average Bonchev–Trinajstić information content (AvgIpc) is 2.26. The number of nitrogens with zero attached hydrogens (tertiary/aromatic N) is 1. The second-order valence-corrected chi connectivity index (χ2v) is 2.37. The van der Waals surface area contributed by atoms with Crippen molar-refractivity contribution in [1.29, 1.82) is 0 Å². The van der Waals surface area contributed by atoms with Gasteiger partial charge in [0.25, 0.3) is 0 Å². The molecule has 4 nitrogen and oxygen atoms in total. The van der Waals surface area contributed by atoms with Crippen molar-refractivity contribution in [1.82, 2.24) is 4.98 Å². The van der Waals surface area contributed by atoms with E-state index < -0.39 is 5.97 Å². The summed E-state index contributed by atoms with van der Waals surface area (Å²) in [5, 5.41) is 0. The molecule has 0 saturated heterocycles. The Bertz CT molecular complexity index is 351. The minimum absolute atomic E-state index is 0.0368. The number of methoxy groups -OCH3 is 1. The Labute approximate surface area is 81.9 Å². The quantitative estimate of drug-likeness (QED) is 0.525. The van der Waals surface area contributed by atoms with Gasteiger partial charge in [-0.05, 0) is 6.07 Å². The van der Waals surface area contributed by atoms with Gasteiger partial charge in [0.2, 0.25) is 5.88 Å². The van der Waals surface area contributed by atoms with Crippen molar-refractivity contribution in [2.75, 3.05) is 13.7 Å². The van der Waals surface area contributed by atoms with E-state index in [-0.39, 0.29) is 6.61 Å². The number of carbonyl (C=O) groups excluding carboxylic acids is 1. The van der Waals surface area contributed by atoms with E-state index in [0.717, 1.165) is 0 Å². The Kier molecular flexibility index (Phi) is 3.50. The second kappa shape index (κ2) is 4.87. The van der Waals surface area contributed by atoms with E-state index >= 15 is 0 Å². The first kappa shape index (κ1) is 10.1. The summed E-state index contributed by atoms with van der Waals surface area (Å²) in [6, 6.07) is 3.14. The van der Waals surface area contributed by atoms with Crippen LogP contribution in [0, 0.1) is 12.3 Å². The van der Waals surface area contributed by atoms with E-state index in [1.807, 2.05) is 0 Å². The van der Waals surface area contributed by atoms with Crippen LogP contribution in [-0.4, -0.2) is 24.7 Å². The number of rotatable bonds is 3. The molecule has 0 aliphatic rings. The van der Waals surface area contributed by atoms with E-state index in [0.29, 0.717) is 11.4 Å². The normalized spacial score (nSPS) is 8.86. The summed E-state index contributed by atoms with van der Waals surface area (Å²) in [5.74, 6) is 2.16. The lowest BCUT2D eigenvalue weighted by atomic mass is 10.3. The number of hydrogen-bond acceptors (Lipinski definition) is 4. The Hall–Kier alpha value is -2.02. The molecule has 4 heteroatoms. The maximum Gasteiger partial charge on any atom is 0.340 e. The van der Waals surface area contributed by atoms with Crippen LogP contribution in [0.2, 0.25) is 0 Å². The molecule has 0 fully saturated rings. The number of ether oxygens (including phenoxy) is 2. The molecular weight excluding hydrogens is 182 g/mol. The van der Waals surface area contributed by atoms with E-state index in [1.54, 1.807) is 12.1 Å². The van der Waals surface area contributed by atoms with Gasteiger partial charge in [0, 0.05) is 12.3 Å². The molecule has 0 spiro atoms. The lowest BCUT2D eigenvalue weighted by Crippen LogP contribution is -2.05. The molecule has 0 aliphatic heterocycles. The highest BCUT2D eigenvalue weighted by Crippen LogP contribution is 2.07. The largest absolute Gasteiger partial charge is 0.481 e. The first-order valence-corrected chi connectivity index (χ1v) is 3.88. The van der Waals surface area contributed by atoms with Gasteiger partial charge < -0.3 is 9.47 Å². The number of hydrogen-bond donors (Lipinski definition) is 0. The van der Waals surface area contributed by atoms with Crippen molar-refractivity contribution >= 4 is 5.97 Å². The first-order valence-electron chi connectivity index (χ1n) is 3.88. The van der Waals surface area contributed by atoms with Gasteiger partial charge in [0.05, 0.1) is 12.7 Å². The van der Waals surface area contributed by atoms with Crippen molar-refractivity contribution in [2.24, 2.45) is 0 Å². The van der Waals surface area contributed by atoms with Gasteiger partial charge in [-0.15, -0.1) is 6.42 Å². The highest BCUT2D eigenvalue weighted by atomic mass is 16.5. The molecular formula is C10H9NO3. The Balaban J connectivity index is 2.67. The topological polar surface area (TPSA) is 48.4 Å². The maximum absolute atomic E-state index is 11.2. The number of carbonyl (C=O) groups is 1. The lowest BCUT2D eigenvalue weighted by molar-refractivity contribution is 0.0556. The summed E-state index contributed by atoms with van der Waals surface area (Å²) < 4.78 is 9.53. The molecule has 0 bridgehead atoms. The zero-order valence-electron chi connectivity index (χ0n) is 7.69. The molecule has 0 radical (unpaired) electrons. The third-order valence-electron chi connectivity index (χ3n) is 1.47. The van der Waals surface area contributed by atoms with E-state index in [2.05, 4.69) is 10.9 Å². The molecule has 72 valence electrons. The second-order valence-electron chi connectivity index (χ2n) is 2.37. The SMILES string of the molecule is C#CCOC(=O)c1ccc(OC)nc1. The lowest BCUT2D eigenvalue weighted by Gasteiger charge is -2.01. The molecule has 0 aromatic carbocycles. The van der Waals surface area contributed by atoms with E-state index in [1.165, 1.54) is 13.3 Å². The van der Waals surface area contributed by atoms with Crippen molar-refractivity contribution in [3.63, 3.8) is 0 Å². The van der Waals surface area contributed by atoms with Gasteiger partial charge >= 0.3 is 5.97 Å². The number of terminal acetylenes is 1. The van der Waals surface area contributed by atoms with Gasteiger partial charge in [0.1, 0.15) is 0 Å². The summed E-state index contributed by atoms with van der Waals surface area (Å²) >= 11 is 0. The smallest absolute Gasteiger partial charge is 0.340 e. The van der Waals surface area contributed by atoms with Gasteiger partial charge in [0.15, 0.2) is 6.61 Å². The van der Waals surface area contributed by atoms with Crippen molar-refractivity contribution in [3.05, 3.63) is 23.9 Å². The number of esters is 1. The summed E-state index contributed by atoms with van der Waals surface area (Å²) in [6.45, 7) is -0.0368. The molecule has 0 atom stereocenters. The predicted octanol–water partition coefficient (Wildman–Crippen LogP) is 0.880. The molecule has 0 saturated carbocycles. The van der Waals surface area contributed by atoms with Crippen LogP contribution in [0.5, 0.6) is 5.88 Å². The number of aromatic nitrogens is 1. The maximum atomic E-state index is 11.2. The molecule has 1 heterocycles. The van der Waals surface area contributed by atoms with Crippen LogP contribution in [0.4, 0.5) is 0 Å². The van der Waals surface area contributed by atoms with Crippen LogP contribution in [-0.2, 0) is 4.74 Å². The fourth-order valence-corrected chi connectivity index (χ4v) is 0.812. The fraction of sp³-hybridized carbons (Fsp3) is 0.200. The molecule has 1 rings (SSSR count). The molecule has 0 N–H and O–H groups in total. The average molecular weight is 191 g/mol. The van der Waals surface area contributed by atoms with E-state index in [4.69, 9.17) is 15.9 Å². The van der Waals surface area contributed by atoms with Crippen LogP contribution in [0.1, 0.15) is 10.4 Å². The van der Waals surface area contributed by atoms with Gasteiger partial charge in [-0.25, -0.2) is 9.78 Å². The van der Waals surface area contributed by atoms with Crippen LogP contribution >= 0.6 is 0 Å². The van der Waals surface area contributed by atoms with E-state index in [9.17, 15) is 4.79 Å². The Morgan fingerprint density at radius 2 is 2.43 bits per heavy atom. The highest BCUT2D eigenvalue weighted by Gasteiger charge is 2.06. The fourth-order valence-electron chi connectivity index (χ4n) is 0.812. The van der Waals surface area contributed by atoms with Crippen molar-refractivity contribution in [3.8, 4) is 18.2 Å². The molecule has 14 heavy (non-hydrogen) atoms. The minimum atomic E-state index is -0.488. The summed E-state index contributed by atoms with van der Waals surface area (Å²) in [4.78, 5) is 15.1. The summed E-state index contributed by atoms with van der Waals surface area (Å²) in [6.07, 6.45) is 6.31. The zero-order chi connectivity index (χ0) is 10.4. The van der Waals surface area contributed by atoms with Gasteiger partial charge in [-0.2, -0.15) is 0 Å².